The van der Waals surface area contributed by atoms with Gasteiger partial charge in [-0.1, -0.05) is 42.5 Å². The molecule has 3 aromatic carbocycles. The van der Waals surface area contributed by atoms with E-state index in [1.54, 1.807) is 42.5 Å². The first-order chi connectivity index (χ1) is 17.3. The SMILES string of the molecule is O=C(O)C1CCN(CCc2ccc3oc(-c4ccc(-c5ccccc5)c(C(F)(F)F)c4)nc3c2)CC1. The van der Waals surface area contributed by atoms with Gasteiger partial charge in [-0.3, -0.25) is 4.79 Å². The third-order valence-electron chi connectivity index (χ3n) is 6.76. The van der Waals surface area contributed by atoms with Gasteiger partial charge < -0.3 is 14.4 Å². The molecule has 1 saturated heterocycles. The van der Waals surface area contributed by atoms with E-state index in [0.717, 1.165) is 37.7 Å². The number of oxazole rings is 1. The van der Waals surface area contributed by atoms with Gasteiger partial charge in [-0.2, -0.15) is 13.2 Å². The predicted molar refractivity (Wildman–Crippen MR) is 130 cm³/mol. The zero-order chi connectivity index (χ0) is 25.3. The largest absolute Gasteiger partial charge is 0.481 e. The van der Waals surface area contributed by atoms with E-state index in [1.807, 2.05) is 12.1 Å². The van der Waals surface area contributed by atoms with Crippen LogP contribution in [0.3, 0.4) is 0 Å². The highest BCUT2D eigenvalue weighted by molar-refractivity contribution is 5.78. The number of carbonyl (C=O) groups is 1. The molecule has 0 amide bonds. The average molecular weight is 495 g/mol. The van der Waals surface area contributed by atoms with Crippen LogP contribution in [0.1, 0.15) is 24.0 Å². The molecule has 36 heavy (non-hydrogen) atoms. The van der Waals surface area contributed by atoms with Gasteiger partial charge in [-0.25, -0.2) is 4.98 Å². The summed E-state index contributed by atoms with van der Waals surface area (Å²) in [6.45, 7) is 2.32. The maximum absolute atomic E-state index is 13.9. The lowest BCUT2D eigenvalue weighted by atomic mass is 9.97. The van der Waals surface area contributed by atoms with Gasteiger partial charge in [-0.05, 0) is 73.3 Å². The number of hydrogen-bond donors (Lipinski definition) is 1. The summed E-state index contributed by atoms with van der Waals surface area (Å²) < 4.78 is 47.5. The maximum atomic E-state index is 13.9. The Labute approximate surface area is 206 Å². The van der Waals surface area contributed by atoms with Crippen LogP contribution in [-0.2, 0) is 17.4 Å². The molecule has 4 aromatic rings. The highest BCUT2D eigenvalue weighted by atomic mass is 19.4. The van der Waals surface area contributed by atoms with Gasteiger partial charge >= 0.3 is 12.1 Å². The molecule has 2 heterocycles. The minimum Gasteiger partial charge on any atom is -0.481 e. The molecule has 1 fully saturated rings. The number of hydrogen-bond acceptors (Lipinski definition) is 4. The Morgan fingerprint density at radius 1 is 1.00 bits per heavy atom. The number of rotatable bonds is 6. The van der Waals surface area contributed by atoms with Gasteiger partial charge in [-0.15, -0.1) is 0 Å². The second-order valence-corrected chi connectivity index (χ2v) is 9.15. The van der Waals surface area contributed by atoms with Crippen LogP contribution < -0.4 is 0 Å². The molecule has 0 saturated carbocycles. The van der Waals surface area contributed by atoms with Crippen LogP contribution in [0, 0.1) is 5.92 Å². The van der Waals surface area contributed by atoms with Crippen molar-refractivity contribution < 1.29 is 27.5 Å². The second-order valence-electron chi connectivity index (χ2n) is 9.15. The van der Waals surface area contributed by atoms with Crippen molar-refractivity contribution in [1.29, 1.82) is 0 Å². The second kappa shape index (κ2) is 9.78. The molecule has 1 N–H and O–H groups in total. The lowest BCUT2D eigenvalue weighted by Gasteiger charge is -2.29. The predicted octanol–water partition coefficient (Wildman–Crippen LogP) is 6.52. The molecule has 186 valence electrons. The van der Waals surface area contributed by atoms with Gasteiger partial charge in [0.2, 0.25) is 5.89 Å². The molecule has 1 aliphatic heterocycles. The summed E-state index contributed by atoms with van der Waals surface area (Å²) in [5, 5.41) is 9.15. The van der Waals surface area contributed by atoms with Gasteiger partial charge in [0.15, 0.2) is 5.58 Å². The van der Waals surface area contributed by atoms with Crippen molar-refractivity contribution >= 4 is 17.1 Å². The normalized spacial score (nSPS) is 15.4. The number of benzene rings is 3. The molecule has 1 aromatic heterocycles. The highest BCUT2D eigenvalue weighted by Crippen LogP contribution is 2.39. The summed E-state index contributed by atoms with van der Waals surface area (Å²) in [6, 6.07) is 18.3. The van der Waals surface area contributed by atoms with Gasteiger partial charge in [0.1, 0.15) is 5.52 Å². The molecule has 8 heteroatoms. The fraction of sp³-hybridized carbons (Fsp3) is 0.286. The van der Waals surface area contributed by atoms with E-state index in [9.17, 15) is 18.0 Å². The lowest BCUT2D eigenvalue weighted by molar-refractivity contribution is -0.143. The van der Waals surface area contributed by atoms with Crippen LogP contribution in [-0.4, -0.2) is 40.6 Å². The Hall–Kier alpha value is -3.65. The van der Waals surface area contributed by atoms with Crippen molar-refractivity contribution in [1.82, 2.24) is 9.88 Å². The van der Waals surface area contributed by atoms with Crippen molar-refractivity contribution in [3.8, 4) is 22.6 Å². The first-order valence-corrected chi connectivity index (χ1v) is 11.9. The van der Waals surface area contributed by atoms with Crippen LogP contribution in [0.15, 0.2) is 71.1 Å². The molecule has 0 aliphatic carbocycles. The third kappa shape index (κ3) is 5.14. The fourth-order valence-corrected chi connectivity index (χ4v) is 4.72. The Balaban J connectivity index is 1.35. The Morgan fingerprint density at radius 3 is 2.44 bits per heavy atom. The van der Waals surface area contributed by atoms with Crippen molar-refractivity contribution in [3.05, 3.63) is 77.9 Å². The molecule has 0 unspecified atom stereocenters. The average Bonchev–Trinajstić information content (AvgIpc) is 3.31. The summed E-state index contributed by atoms with van der Waals surface area (Å²) in [7, 11) is 0. The Morgan fingerprint density at radius 2 is 1.75 bits per heavy atom. The van der Waals surface area contributed by atoms with Gasteiger partial charge in [0, 0.05) is 12.1 Å². The molecule has 1 aliphatic rings. The van der Waals surface area contributed by atoms with Crippen LogP contribution in [0.25, 0.3) is 33.7 Å². The number of nitrogens with zero attached hydrogens (tertiary/aromatic N) is 2. The van der Waals surface area contributed by atoms with Crippen molar-refractivity contribution in [2.45, 2.75) is 25.4 Å². The number of fused-ring (bicyclic) bond motifs is 1. The zero-order valence-electron chi connectivity index (χ0n) is 19.5. The summed E-state index contributed by atoms with van der Waals surface area (Å²) >= 11 is 0. The maximum Gasteiger partial charge on any atom is 0.417 e. The number of carboxylic acids is 1. The number of aromatic nitrogens is 1. The van der Waals surface area contributed by atoms with E-state index < -0.39 is 17.7 Å². The molecule has 5 rings (SSSR count). The number of piperidine rings is 1. The van der Waals surface area contributed by atoms with Crippen molar-refractivity contribution in [2.75, 3.05) is 19.6 Å². The molecular weight excluding hydrogens is 469 g/mol. The smallest absolute Gasteiger partial charge is 0.417 e. The molecular formula is C28H25F3N2O3. The standard InChI is InChI=1S/C28H25F3N2O3/c29-28(30,31)23-17-21(7-8-22(23)19-4-2-1-3-5-19)26-32-24-16-18(6-9-25(24)36-26)10-13-33-14-11-20(12-15-33)27(34)35/h1-9,16-17,20H,10-15H2,(H,34,35). The van der Waals surface area contributed by atoms with E-state index in [2.05, 4.69) is 9.88 Å². The Kier molecular flexibility index (Phi) is 6.53. The van der Waals surface area contributed by atoms with Gasteiger partial charge in [0.25, 0.3) is 0 Å². The minimum absolute atomic E-state index is 0.109. The summed E-state index contributed by atoms with van der Waals surface area (Å²) in [5.41, 5.74) is 2.27. The summed E-state index contributed by atoms with van der Waals surface area (Å²) in [6.07, 6.45) is -2.45. The zero-order valence-corrected chi connectivity index (χ0v) is 19.5. The summed E-state index contributed by atoms with van der Waals surface area (Å²) in [4.78, 5) is 17.9. The third-order valence-corrected chi connectivity index (χ3v) is 6.76. The van der Waals surface area contributed by atoms with Gasteiger partial charge in [0.05, 0.1) is 11.5 Å². The molecule has 0 spiro atoms. The number of likely N-dealkylation sites (tertiary alicyclic amines) is 1. The van der Waals surface area contributed by atoms with Crippen molar-refractivity contribution in [3.63, 3.8) is 0 Å². The number of carboxylic acid groups (broad SMARTS) is 1. The molecule has 0 radical (unpaired) electrons. The quantitative estimate of drug-likeness (QED) is 0.331. The highest BCUT2D eigenvalue weighted by Gasteiger charge is 2.34. The topological polar surface area (TPSA) is 66.6 Å². The van der Waals surface area contributed by atoms with Crippen LogP contribution in [0.4, 0.5) is 13.2 Å². The number of halogens is 3. The molecule has 5 nitrogen and oxygen atoms in total. The van der Waals surface area contributed by atoms with Crippen LogP contribution in [0.5, 0.6) is 0 Å². The number of alkyl halides is 3. The lowest BCUT2D eigenvalue weighted by Crippen LogP contribution is -2.37. The van der Waals surface area contributed by atoms with E-state index in [1.165, 1.54) is 6.07 Å². The van der Waals surface area contributed by atoms with Crippen molar-refractivity contribution in [2.24, 2.45) is 5.92 Å². The van der Waals surface area contributed by atoms with Crippen LogP contribution in [0.2, 0.25) is 0 Å². The fourth-order valence-electron chi connectivity index (χ4n) is 4.72. The summed E-state index contributed by atoms with van der Waals surface area (Å²) in [5.74, 6) is -0.840. The van der Waals surface area contributed by atoms with Crippen LogP contribution >= 0.6 is 0 Å². The monoisotopic (exact) mass is 494 g/mol. The van der Waals surface area contributed by atoms with E-state index in [4.69, 9.17) is 9.52 Å². The first kappa shape index (κ1) is 24.1. The first-order valence-electron chi connectivity index (χ1n) is 11.9. The Bertz CT molecular complexity index is 1370. The number of aliphatic carboxylic acids is 1. The van der Waals surface area contributed by atoms with E-state index in [0.29, 0.717) is 29.5 Å². The minimum atomic E-state index is -4.53. The molecule has 0 atom stereocenters. The van der Waals surface area contributed by atoms with E-state index >= 15 is 0 Å². The van der Waals surface area contributed by atoms with E-state index in [-0.39, 0.29) is 22.9 Å². The molecule has 0 bridgehead atoms.